The number of methoxy groups -OCH3 is 1. The van der Waals surface area contributed by atoms with Gasteiger partial charge in [-0.3, -0.25) is 0 Å². The molecule has 28 heavy (non-hydrogen) atoms. The fourth-order valence-corrected chi connectivity index (χ4v) is 3.42. The molecule has 5 rings (SSSR count). The van der Waals surface area contributed by atoms with E-state index in [9.17, 15) is 0 Å². The van der Waals surface area contributed by atoms with E-state index in [1.807, 2.05) is 29.2 Å². The quantitative estimate of drug-likeness (QED) is 0.515. The van der Waals surface area contributed by atoms with Crippen molar-refractivity contribution in [2.24, 2.45) is 5.92 Å². The van der Waals surface area contributed by atoms with Gasteiger partial charge in [-0.05, 0) is 31.7 Å². The van der Waals surface area contributed by atoms with Crippen molar-refractivity contribution in [2.75, 3.05) is 7.11 Å². The molecule has 8 nitrogen and oxygen atoms in total. The normalized spacial score (nSPS) is 15.1. The van der Waals surface area contributed by atoms with Crippen molar-refractivity contribution in [3.8, 4) is 17.3 Å². The van der Waals surface area contributed by atoms with Crippen LogP contribution in [0.4, 0.5) is 0 Å². The van der Waals surface area contributed by atoms with Crippen molar-refractivity contribution < 1.29 is 4.74 Å². The van der Waals surface area contributed by atoms with E-state index in [1.54, 1.807) is 19.6 Å². The van der Waals surface area contributed by atoms with Crippen LogP contribution in [0.3, 0.4) is 0 Å². The molecule has 4 aromatic heterocycles. The second kappa shape index (κ2) is 6.70. The summed E-state index contributed by atoms with van der Waals surface area (Å²) in [6, 6.07) is 5.57. The van der Waals surface area contributed by atoms with Gasteiger partial charge in [0.25, 0.3) is 0 Å². The standard InChI is InChI=1S/C20H21N7O/c1-13(17-10-26(12-23-17)9-14-6-7-14)27-20-15(8-21-11-22-20)19(25-27)16-4-3-5-18(24-16)28-2/h3-5,8,10-14H,6-7,9H2,1-2H3. The topological polar surface area (TPSA) is 83.5 Å². The first-order chi connectivity index (χ1) is 13.7. The molecule has 0 aliphatic heterocycles. The Hall–Kier alpha value is -3.29. The van der Waals surface area contributed by atoms with E-state index in [2.05, 4.69) is 37.6 Å². The maximum Gasteiger partial charge on any atom is 0.213 e. The molecule has 0 spiro atoms. The second-order valence-corrected chi connectivity index (χ2v) is 7.23. The highest BCUT2D eigenvalue weighted by Gasteiger charge is 2.24. The van der Waals surface area contributed by atoms with Gasteiger partial charge in [0.1, 0.15) is 12.0 Å². The van der Waals surface area contributed by atoms with E-state index in [1.165, 1.54) is 12.8 Å². The molecule has 0 saturated heterocycles. The van der Waals surface area contributed by atoms with Crippen LogP contribution in [0.2, 0.25) is 0 Å². The Bertz CT molecular complexity index is 1130. The molecule has 0 amide bonds. The summed E-state index contributed by atoms with van der Waals surface area (Å²) >= 11 is 0. The van der Waals surface area contributed by atoms with Gasteiger partial charge >= 0.3 is 0 Å². The van der Waals surface area contributed by atoms with Crippen molar-refractivity contribution >= 4 is 11.0 Å². The third kappa shape index (κ3) is 3.00. The third-order valence-electron chi connectivity index (χ3n) is 5.16. The van der Waals surface area contributed by atoms with Gasteiger partial charge in [0, 0.05) is 25.0 Å². The van der Waals surface area contributed by atoms with E-state index in [-0.39, 0.29) is 6.04 Å². The highest BCUT2D eigenvalue weighted by atomic mass is 16.5. The summed E-state index contributed by atoms with van der Waals surface area (Å²) in [5, 5.41) is 5.69. The minimum atomic E-state index is -0.0581. The van der Waals surface area contributed by atoms with Gasteiger partial charge in [-0.1, -0.05) is 6.07 Å². The average molecular weight is 375 g/mol. The maximum atomic E-state index is 5.26. The van der Waals surface area contributed by atoms with E-state index in [0.29, 0.717) is 5.88 Å². The lowest BCUT2D eigenvalue weighted by Gasteiger charge is -2.10. The fourth-order valence-electron chi connectivity index (χ4n) is 3.42. The first-order valence-corrected chi connectivity index (χ1v) is 9.44. The molecule has 1 saturated carbocycles. The van der Waals surface area contributed by atoms with Crippen LogP contribution < -0.4 is 4.74 Å². The molecule has 1 unspecified atom stereocenters. The van der Waals surface area contributed by atoms with Crippen LogP contribution in [0.15, 0.2) is 43.2 Å². The number of pyridine rings is 1. The first kappa shape index (κ1) is 16.9. The molecule has 4 aromatic rings. The molecule has 0 radical (unpaired) electrons. The number of imidazole rings is 1. The van der Waals surface area contributed by atoms with Gasteiger partial charge in [0.2, 0.25) is 5.88 Å². The van der Waals surface area contributed by atoms with E-state index < -0.39 is 0 Å². The predicted molar refractivity (Wildman–Crippen MR) is 104 cm³/mol. The molecule has 1 fully saturated rings. The fraction of sp³-hybridized carbons (Fsp3) is 0.350. The van der Waals surface area contributed by atoms with Gasteiger partial charge in [-0.25, -0.2) is 24.6 Å². The third-order valence-corrected chi connectivity index (χ3v) is 5.16. The zero-order chi connectivity index (χ0) is 19.1. The zero-order valence-corrected chi connectivity index (χ0v) is 15.9. The van der Waals surface area contributed by atoms with Crippen LogP contribution in [0.25, 0.3) is 22.4 Å². The molecule has 1 atom stereocenters. The van der Waals surface area contributed by atoms with Gasteiger partial charge in [0.05, 0.1) is 36.3 Å². The summed E-state index contributed by atoms with van der Waals surface area (Å²) in [6.45, 7) is 3.13. The van der Waals surface area contributed by atoms with E-state index in [4.69, 9.17) is 9.84 Å². The van der Waals surface area contributed by atoms with Crippen molar-refractivity contribution in [3.63, 3.8) is 0 Å². The monoisotopic (exact) mass is 375 g/mol. The minimum absolute atomic E-state index is 0.0581. The molecular formula is C20H21N7O. The number of fused-ring (bicyclic) bond motifs is 1. The summed E-state index contributed by atoms with van der Waals surface area (Å²) in [6.07, 6.45) is 9.99. The lowest BCUT2D eigenvalue weighted by molar-refractivity contribution is 0.398. The smallest absolute Gasteiger partial charge is 0.213 e. The van der Waals surface area contributed by atoms with Gasteiger partial charge in [-0.15, -0.1) is 0 Å². The largest absolute Gasteiger partial charge is 0.481 e. The number of ether oxygens (including phenoxy) is 1. The van der Waals surface area contributed by atoms with Crippen molar-refractivity contribution in [1.29, 1.82) is 0 Å². The summed E-state index contributed by atoms with van der Waals surface area (Å²) in [5.74, 6) is 1.35. The summed E-state index contributed by atoms with van der Waals surface area (Å²) < 4.78 is 9.34. The average Bonchev–Trinajstić information content (AvgIpc) is 3.28. The van der Waals surface area contributed by atoms with Gasteiger partial charge in [0.15, 0.2) is 5.65 Å². The molecule has 142 valence electrons. The summed E-state index contributed by atoms with van der Waals surface area (Å²) in [4.78, 5) is 17.8. The Morgan fingerprint density at radius 2 is 2.14 bits per heavy atom. The number of rotatable bonds is 6. The van der Waals surface area contributed by atoms with Crippen LogP contribution in [-0.4, -0.2) is 41.4 Å². The molecule has 4 heterocycles. The number of hydrogen-bond acceptors (Lipinski definition) is 6. The van der Waals surface area contributed by atoms with Crippen LogP contribution in [-0.2, 0) is 6.54 Å². The van der Waals surface area contributed by atoms with Crippen LogP contribution in [0.1, 0.15) is 31.5 Å². The Labute approximate surface area is 162 Å². The zero-order valence-electron chi connectivity index (χ0n) is 15.9. The molecule has 0 bridgehead atoms. The van der Waals surface area contributed by atoms with Gasteiger partial charge in [-0.2, -0.15) is 5.10 Å². The molecule has 8 heteroatoms. The molecule has 1 aliphatic carbocycles. The molecular weight excluding hydrogens is 354 g/mol. The number of hydrogen-bond donors (Lipinski definition) is 0. The molecule has 0 N–H and O–H groups in total. The lowest BCUT2D eigenvalue weighted by Crippen LogP contribution is -2.10. The molecule has 0 aromatic carbocycles. The Morgan fingerprint density at radius 1 is 1.25 bits per heavy atom. The highest BCUT2D eigenvalue weighted by Crippen LogP contribution is 2.32. The van der Waals surface area contributed by atoms with Crippen LogP contribution in [0, 0.1) is 5.92 Å². The summed E-state index contributed by atoms with van der Waals surface area (Å²) in [7, 11) is 1.60. The second-order valence-electron chi connectivity index (χ2n) is 7.23. The van der Waals surface area contributed by atoms with Gasteiger partial charge < -0.3 is 9.30 Å². The van der Waals surface area contributed by atoms with E-state index in [0.717, 1.165) is 40.6 Å². The minimum Gasteiger partial charge on any atom is -0.481 e. The number of aromatic nitrogens is 7. The highest BCUT2D eigenvalue weighted by molar-refractivity contribution is 5.89. The van der Waals surface area contributed by atoms with Crippen LogP contribution >= 0.6 is 0 Å². The summed E-state index contributed by atoms with van der Waals surface area (Å²) in [5.41, 5.74) is 3.19. The van der Waals surface area contributed by atoms with Crippen molar-refractivity contribution in [1.82, 2.24) is 34.3 Å². The predicted octanol–water partition coefficient (Wildman–Crippen LogP) is 3.11. The van der Waals surface area contributed by atoms with Crippen molar-refractivity contribution in [2.45, 2.75) is 32.4 Å². The van der Waals surface area contributed by atoms with Crippen molar-refractivity contribution in [3.05, 3.63) is 48.9 Å². The molecule has 1 aliphatic rings. The Kier molecular flexibility index (Phi) is 4.03. The number of nitrogens with zero attached hydrogens (tertiary/aromatic N) is 7. The Balaban J connectivity index is 1.56. The first-order valence-electron chi connectivity index (χ1n) is 9.44. The SMILES string of the molecule is COc1cccc(-c2nn(C(C)c3cn(CC4CC4)cn3)c3ncncc23)n1. The van der Waals surface area contributed by atoms with E-state index >= 15 is 0 Å². The van der Waals surface area contributed by atoms with Crippen LogP contribution in [0.5, 0.6) is 5.88 Å². The Morgan fingerprint density at radius 3 is 2.96 bits per heavy atom. The maximum absolute atomic E-state index is 5.26. The lowest BCUT2D eigenvalue weighted by atomic mass is 10.2.